The van der Waals surface area contributed by atoms with E-state index in [9.17, 15) is 9.59 Å². The van der Waals surface area contributed by atoms with Crippen LogP contribution in [0.1, 0.15) is 30.0 Å². The normalized spacial score (nSPS) is 15.4. The molecule has 0 N–H and O–H groups in total. The molecule has 3 heterocycles. The molecular weight excluding hydrogens is 535 g/mol. The monoisotopic (exact) mass is 554 g/mol. The summed E-state index contributed by atoms with van der Waals surface area (Å²) < 4.78 is 18.6. The Bertz CT molecular complexity index is 1700. The molecule has 0 aliphatic carbocycles. The maximum atomic E-state index is 13.6. The SMILES string of the molecule is COC(=O)C1=C(C)N=c2sc(=Cc3ccc(COc4cccc(Cl)c4Cl)o3)c(=O)n2[C@@H]1c1ccccc1. The van der Waals surface area contributed by atoms with Crippen molar-refractivity contribution in [3.8, 4) is 5.75 Å². The maximum Gasteiger partial charge on any atom is 0.338 e. The third-order valence-electron chi connectivity index (χ3n) is 5.78. The van der Waals surface area contributed by atoms with Gasteiger partial charge in [0, 0.05) is 6.08 Å². The van der Waals surface area contributed by atoms with Crippen molar-refractivity contribution in [1.82, 2.24) is 4.57 Å². The number of esters is 1. The Morgan fingerprint density at radius 2 is 1.92 bits per heavy atom. The van der Waals surface area contributed by atoms with Crippen molar-refractivity contribution >= 4 is 46.6 Å². The molecule has 0 unspecified atom stereocenters. The molecule has 2 aromatic heterocycles. The minimum absolute atomic E-state index is 0.130. The van der Waals surface area contributed by atoms with Gasteiger partial charge in [-0.25, -0.2) is 9.79 Å². The molecule has 1 atom stereocenters. The molecule has 37 heavy (non-hydrogen) atoms. The van der Waals surface area contributed by atoms with E-state index in [0.29, 0.717) is 47.9 Å². The van der Waals surface area contributed by atoms with Crippen LogP contribution in [0.3, 0.4) is 0 Å². The summed E-state index contributed by atoms with van der Waals surface area (Å²) in [6.45, 7) is 1.87. The molecule has 10 heteroatoms. The van der Waals surface area contributed by atoms with Gasteiger partial charge < -0.3 is 13.9 Å². The van der Waals surface area contributed by atoms with E-state index in [1.54, 1.807) is 43.3 Å². The molecule has 1 aliphatic heterocycles. The van der Waals surface area contributed by atoms with E-state index in [2.05, 4.69) is 4.99 Å². The number of carbonyl (C=O) groups is 1. The zero-order chi connectivity index (χ0) is 26.1. The first-order valence-corrected chi connectivity index (χ1v) is 12.8. The number of fused-ring (bicyclic) bond motifs is 1. The van der Waals surface area contributed by atoms with Crippen LogP contribution in [-0.4, -0.2) is 17.6 Å². The summed E-state index contributed by atoms with van der Waals surface area (Å²) in [6, 6.07) is 17.3. The van der Waals surface area contributed by atoms with Gasteiger partial charge in [-0.05, 0) is 36.8 Å². The van der Waals surface area contributed by atoms with Crippen LogP contribution in [0.2, 0.25) is 10.0 Å². The van der Waals surface area contributed by atoms with Gasteiger partial charge in [0.2, 0.25) is 0 Å². The Balaban J connectivity index is 1.50. The lowest BCUT2D eigenvalue weighted by molar-refractivity contribution is -0.136. The summed E-state index contributed by atoms with van der Waals surface area (Å²) in [6.07, 6.45) is 1.65. The average Bonchev–Trinajstić information content (AvgIpc) is 3.48. The number of carbonyl (C=O) groups excluding carboxylic acids is 1. The summed E-state index contributed by atoms with van der Waals surface area (Å²) in [7, 11) is 1.31. The van der Waals surface area contributed by atoms with E-state index in [1.165, 1.54) is 23.0 Å². The molecule has 188 valence electrons. The molecule has 2 aromatic carbocycles. The molecule has 0 bridgehead atoms. The number of ether oxygens (including phenoxy) is 2. The molecular formula is C27H20Cl2N2O5S. The first-order chi connectivity index (χ1) is 17.9. The fraction of sp³-hybridized carbons (Fsp3) is 0.148. The van der Waals surface area contributed by atoms with E-state index in [4.69, 9.17) is 37.1 Å². The third-order valence-corrected chi connectivity index (χ3v) is 7.57. The molecule has 5 rings (SSSR count). The maximum absolute atomic E-state index is 13.6. The molecule has 0 saturated heterocycles. The van der Waals surface area contributed by atoms with Gasteiger partial charge in [0.05, 0.1) is 34.0 Å². The van der Waals surface area contributed by atoms with Crippen LogP contribution in [0, 0.1) is 0 Å². The van der Waals surface area contributed by atoms with E-state index in [-0.39, 0.29) is 12.2 Å². The zero-order valence-electron chi connectivity index (χ0n) is 19.7. The lowest BCUT2D eigenvalue weighted by atomic mass is 9.96. The van der Waals surface area contributed by atoms with Gasteiger partial charge in [0.1, 0.15) is 28.9 Å². The second-order valence-corrected chi connectivity index (χ2v) is 9.92. The minimum atomic E-state index is -0.657. The molecule has 1 aliphatic rings. The predicted molar refractivity (Wildman–Crippen MR) is 142 cm³/mol. The van der Waals surface area contributed by atoms with Crippen LogP contribution >= 0.6 is 34.5 Å². The summed E-state index contributed by atoms with van der Waals surface area (Å²) in [5.41, 5.74) is 1.32. The molecule has 0 amide bonds. The van der Waals surface area contributed by atoms with Crippen LogP contribution in [-0.2, 0) is 16.1 Å². The highest BCUT2D eigenvalue weighted by molar-refractivity contribution is 7.07. The Morgan fingerprint density at radius 3 is 2.68 bits per heavy atom. The number of furan rings is 1. The van der Waals surface area contributed by atoms with Crippen LogP contribution in [0.4, 0.5) is 0 Å². The highest BCUT2D eigenvalue weighted by Crippen LogP contribution is 2.32. The quantitative estimate of drug-likeness (QED) is 0.317. The van der Waals surface area contributed by atoms with Crippen molar-refractivity contribution in [3.05, 3.63) is 119 Å². The fourth-order valence-electron chi connectivity index (χ4n) is 4.07. The fourth-order valence-corrected chi connectivity index (χ4v) is 5.44. The Hall–Kier alpha value is -3.59. The molecule has 7 nitrogen and oxygen atoms in total. The molecule has 0 radical (unpaired) electrons. The summed E-state index contributed by atoms with van der Waals surface area (Å²) in [5.74, 6) is 0.931. The number of hydrogen-bond donors (Lipinski definition) is 0. The van der Waals surface area contributed by atoms with Crippen molar-refractivity contribution in [3.63, 3.8) is 0 Å². The standard InChI is InChI=1S/C27H20Cl2N2O5S/c1-15-22(26(33)34-2)24(16-7-4-3-5-8-16)31-25(32)21(37-27(31)30-15)13-17-11-12-18(36-17)14-35-20-10-6-9-19(28)23(20)29/h3-13,24H,14H2,1-2H3/t24-/m1/s1. The van der Waals surface area contributed by atoms with Gasteiger partial charge in [0.25, 0.3) is 5.56 Å². The second-order valence-electron chi connectivity index (χ2n) is 8.13. The Kier molecular flexibility index (Phi) is 7.06. The number of nitrogens with zero attached hydrogens (tertiary/aromatic N) is 2. The number of allylic oxidation sites excluding steroid dienone is 1. The zero-order valence-corrected chi connectivity index (χ0v) is 22.1. The summed E-state index contributed by atoms with van der Waals surface area (Å²) in [5, 5.41) is 0.723. The molecule has 4 aromatic rings. The number of hydrogen-bond acceptors (Lipinski definition) is 7. The molecule has 0 saturated carbocycles. The molecule has 0 fully saturated rings. The van der Waals surface area contributed by atoms with Gasteiger partial charge in [-0.3, -0.25) is 9.36 Å². The van der Waals surface area contributed by atoms with Gasteiger partial charge >= 0.3 is 5.97 Å². The number of methoxy groups -OCH3 is 1. The number of halogens is 2. The highest BCUT2D eigenvalue weighted by Gasteiger charge is 2.32. The number of thiazole rings is 1. The van der Waals surface area contributed by atoms with E-state index < -0.39 is 12.0 Å². The topological polar surface area (TPSA) is 83.0 Å². The van der Waals surface area contributed by atoms with Crippen LogP contribution in [0.5, 0.6) is 5.75 Å². The van der Waals surface area contributed by atoms with Crippen molar-refractivity contribution < 1.29 is 18.7 Å². The Labute approximate surface area is 225 Å². The molecule has 0 spiro atoms. The van der Waals surface area contributed by atoms with Gasteiger partial charge in [-0.15, -0.1) is 0 Å². The van der Waals surface area contributed by atoms with Crippen LogP contribution < -0.4 is 19.6 Å². The van der Waals surface area contributed by atoms with Crippen molar-refractivity contribution in [2.75, 3.05) is 7.11 Å². The van der Waals surface area contributed by atoms with E-state index in [1.807, 2.05) is 30.3 Å². The smallest absolute Gasteiger partial charge is 0.338 e. The lowest BCUT2D eigenvalue weighted by Crippen LogP contribution is -2.39. The summed E-state index contributed by atoms with van der Waals surface area (Å²) >= 11 is 13.4. The van der Waals surface area contributed by atoms with Crippen molar-refractivity contribution in [1.29, 1.82) is 0 Å². The van der Waals surface area contributed by atoms with Gasteiger partial charge in [-0.1, -0.05) is 70.9 Å². The van der Waals surface area contributed by atoms with Gasteiger partial charge in [-0.2, -0.15) is 0 Å². The first-order valence-electron chi connectivity index (χ1n) is 11.2. The second kappa shape index (κ2) is 10.4. The number of benzene rings is 2. The van der Waals surface area contributed by atoms with Crippen LogP contribution in [0.15, 0.2) is 86.1 Å². The largest absolute Gasteiger partial charge is 0.484 e. The highest BCUT2D eigenvalue weighted by atomic mass is 35.5. The van der Waals surface area contributed by atoms with Gasteiger partial charge in [0.15, 0.2) is 4.80 Å². The van der Waals surface area contributed by atoms with E-state index >= 15 is 0 Å². The lowest BCUT2D eigenvalue weighted by Gasteiger charge is -2.24. The predicted octanol–water partition coefficient (Wildman–Crippen LogP) is 4.89. The Morgan fingerprint density at radius 1 is 1.14 bits per heavy atom. The van der Waals surface area contributed by atoms with Crippen molar-refractivity contribution in [2.24, 2.45) is 4.99 Å². The number of rotatable bonds is 6. The van der Waals surface area contributed by atoms with Crippen molar-refractivity contribution in [2.45, 2.75) is 19.6 Å². The first kappa shape index (κ1) is 25.1. The van der Waals surface area contributed by atoms with Crippen LogP contribution in [0.25, 0.3) is 6.08 Å². The number of aromatic nitrogens is 1. The minimum Gasteiger partial charge on any atom is -0.484 e. The third kappa shape index (κ3) is 4.87. The average molecular weight is 555 g/mol. The van der Waals surface area contributed by atoms with E-state index in [0.717, 1.165) is 5.56 Å². The summed E-state index contributed by atoms with van der Waals surface area (Å²) in [4.78, 5) is 31.3.